The molecule has 0 bridgehead atoms. The van der Waals surface area contributed by atoms with Crippen molar-refractivity contribution >= 4 is 0 Å². The lowest BCUT2D eigenvalue weighted by Gasteiger charge is -2.22. The lowest BCUT2D eigenvalue weighted by Crippen LogP contribution is -2.27. The Bertz CT molecular complexity index is 354. The first kappa shape index (κ1) is 15.4. The van der Waals surface area contributed by atoms with Crippen LogP contribution in [0.2, 0.25) is 0 Å². The molecule has 1 saturated heterocycles. The molecule has 0 aliphatic carbocycles. The smallest absolute Gasteiger partial charge is 0.119 e. The van der Waals surface area contributed by atoms with Crippen molar-refractivity contribution in [1.82, 2.24) is 5.32 Å². The zero-order valence-electron chi connectivity index (χ0n) is 12.9. The predicted molar refractivity (Wildman–Crippen MR) is 85.4 cm³/mol. The van der Waals surface area contributed by atoms with E-state index >= 15 is 0 Å². The number of unbranched alkanes of at least 4 members (excludes halogenated alkanes) is 2. The van der Waals surface area contributed by atoms with Crippen LogP contribution in [0, 0.1) is 5.92 Å². The van der Waals surface area contributed by atoms with Crippen LogP contribution in [0.3, 0.4) is 0 Å². The molecule has 2 heteroatoms. The molecule has 2 nitrogen and oxygen atoms in total. The number of benzene rings is 1. The fraction of sp³-hybridized carbons (Fsp3) is 0.667. The Morgan fingerprint density at radius 1 is 1.10 bits per heavy atom. The number of ether oxygens (including phenoxy) is 1. The lowest BCUT2D eigenvalue weighted by atomic mass is 9.91. The third-order valence-corrected chi connectivity index (χ3v) is 4.24. The molecule has 2 rings (SSSR count). The van der Waals surface area contributed by atoms with Crippen LogP contribution in [-0.4, -0.2) is 19.7 Å². The van der Waals surface area contributed by atoms with E-state index in [2.05, 4.69) is 36.5 Å². The molecule has 20 heavy (non-hydrogen) atoms. The lowest BCUT2D eigenvalue weighted by molar-refractivity contribution is 0.306. The highest BCUT2D eigenvalue weighted by Gasteiger charge is 2.12. The molecule has 0 saturated carbocycles. The van der Waals surface area contributed by atoms with Gasteiger partial charge in [-0.05, 0) is 68.8 Å². The molecule has 0 amide bonds. The normalized spacial score (nSPS) is 16.2. The van der Waals surface area contributed by atoms with E-state index in [0.29, 0.717) is 0 Å². The van der Waals surface area contributed by atoms with E-state index < -0.39 is 0 Å². The van der Waals surface area contributed by atoms with Crippen LogP contribution in [0.25, 0.3) is 0 Å². The van der Waals surface area contributed by atoms with Crippen molar-refractivity contribution in [2.45, 2.75) is 51.9 Å². The Morgan fingerprint density at radius 3 is 2.55 bits per heavy atom. The molecule has 0 atom stereocenters. The maximum Gasteiger partial charge on any atom is 0.119 e. The fourth-order valence-corrected chi connectivity index (χ4v) is 2.84. The van der Waals surface area contributed by atoms with Gasteiger partial charge in [0.05, 0.1) is 6.61 Å². The molecule has 1 heterocycles. The second-order valence-electron chi connectivity index (χ2n) is 5.93. The molecule has 1 N–H and O–H groups in total. The van der Waals surface area contributed by atoms with Crippen molar-refractivity contribution in [3.8, 4) is 5.75 Å². The largest absolute Gasteiger partial charge is 0.494 e. The van der Waals surface area contributed by atoms with E-state index in [-0.39, 0.29) is 0 Å². The molecule has 1 aromatic carbocycles. The number of nitrogens with one attached hydrogen (secondary N) is 1. The van der Waals surface area contributed by atoms with Gasteiger partial charge in [0.25, 0.3) is 0 Å². The maximum atomic E-state index is 5.75. The second kappa shape index (κ2) is 9.02. The summed E-state index contributed by atoms with van der Waals surface area (Å²) in [7, 11) is 0. The summed E-state index contributed by atoms with van der Waals surface area (Å²) in [5, 5.41) is 3.43. The monoisotopic (exact) mass is 275 g/mol. The first-order valence-electron chi connectivity index (χ1n) is 8.31. The van der Waals surface area contributed by atoms with Crippen LogP contribution in [0.1, 0.15) is 51.0 Å². The molecule has 1 aliphatic heterocycles. The van der Waals surface area contributed by atoms with Gasteiger partial charge < -0.3 is 10.1 Å². The van der Waals surface area contributed by atoms with Gasteiger partial charge in [0.2, 0.25) is 0 Å². The number of aryl methyl sites for hydroxylation is 1. The zero-order chi connectivity index (χ0) is 14.0. The molecule has 1 fully saturated rings. The quantitative estimate of drug-likeness (QED) is 0.718. The Kier molecular flexibility index (Phi) is 6.93. The van der Waals surface area contributed by atoms with E-state index in [1.54, 1.807) is 0 Å². The minimum Gasteiger partial charge on any atom is -0.494 e. The van der Waals surface area contributed by atoms with Gasteiger partial charge in [0.15, 0.2) is 0 Å². The molecule has 0 radical (unpaired) electrons. The first-order valence-corrected chi connectivity index (χ1v) is 8.31. The summed E-state index contributed by atoms with van der Waals surface area (Å²) in [5.74, 6) is 1.94. The van der Waals surface area contributed by atoms with Crippen molar-refractivity contribution in [3.63, 3.8) is 0 Å². The fourth-order valence-electron chi connectivity index (χ4n) is 2.84. The van der Waals surface area contributed by atoms with Gasteiger partial charge in [-0.15, -0.1) is 0 Å². The topological polar surface area (TPSA) is 21.3 Å². The van der Waals surface area contributed by atoms with Gasteiger partial charge in [0.1, 0.15) is 5.75 Å². The molecule has 1 aromatic rings. The summed E-state index contributed by atoms with van der Waals surface area (Å²) in [6, 6.07) is 8.72. The number of hydrogen-bond acceptors (Lipinski definition) is 2. The third-order valence-electron chi connectivity index (χ3n) is 4.24. The second-order valence-corrected chi connectivity index (χ2v) is 5.93. The molecule has 0 spiro atoms. The Balaban J connectivity index is 1.68. The highest BCUT2D eigenvalue weighted by molar-refractivity contribution is 5.27. The van der Waals surface area contributed by atoms with E-state index in [4.69, 9.17) is 4.74 Å². The molecule has 112 valence electrons. The predicted octanol–water partition coefficient (Wildman–Crippen LogP) is 4.19. The van der Waals surface area contributed by atoms with Gasteiger partial charge >= 0.3 is 0 Å². The van der Waals surface area contributed by atoms with Crippen molar-refractivity contribution in [3.05, 3.63) is 29.8 Å². The summed E-state index contributed by atoms with van der Waals surface area (Å²) < 4.78 is 5.75. The van der Waals surface area contributed by atoms with E-state index in [0.717, 1.165) is 24.7 Å². The Hall–Kier alpha value is -1.02. The minimum atomic E-state index is 0.849. The van der Waals surface area contributed by atoms with E-state index in [9.17, 15) is 0 Å². The summed E-state index contributed by atoms with van der Waals surface area (Å²) in [5.41, 5.74) is 1.45. The van der Waals surface area contributed by atoms with Gasteiger partial charge in [-0.3, -0.25) is 0 Å². The van der Waals surface area contributed by atoms with Gasteiger partial charge in [0, 0.05) is 0 Å². The zero-order valence-corrected chi connectivity index (χ0v) is 12.9. The van der Waals surface area contributed by atoms with Gasteiger partial charge in [-0.1, -0.05) is 31.9 Å². The van der Waals surface area contributed by atoms with Crippen molar-refractivity contribution < 1.29 is 4.74 Å². The molecular weight excluding hydrogens is 246 g/mol. The van der Waals surface area contributed by atoms with Crippen LogP contribution in [0.4, 0.5) is 0 Å². The minimum absolute atomic E-state index is 0.849. The van der Waals surface area contributed by atoms with E-state index in [1.165, 1.54) is 57.2 Å². The Morgan fingerprint density at radius 2 is 1.85 bits per heavy atom. The van der Waals surface area contributed by atoms with Crippen LogP contribution >= 0.6 is 0 Å². The Labute approximate surface area is 123 Å². The molecule has 1 aliphatic rings. The first-order chi connectivity index (χ1) is 9.88. The summed E-state index contributed by atoms with van der Waals surface area (Å²) in [6.07, 6.45) is 8.90. The average Bonchev–Trinajstić information content (AvgIpc) is 2.52. The number of hydrogen-bond donors (Lipinski definition) is 1. The molecule has 0 aromatic heterocycles. The third kappa shape index (κ3) is 5.54. The summed E-state index contributed by atoms with van der Waals surface area (Å²) in [4.78, 5) is 0. The number of piperidine rings is 1. The average molecular weight is 275 g/mol. The van der Waals surface area contributed by atoms with Crippen molar-refractivity contribution in [2.24, 2.45) is 5.92 Å². The van der Waals surface area contributed by atoms with Crippen LogP contribution in [-0.2, 0) is 6.42 Å². The van der Waals surface area contributed by atoms with Crippen LogP contribution in [0.5, 0.6) is 5.75 Å². The standard InChI is InChI=1S/C18H29NO/c1-2-3-4-15-20-18-9-7-16(8-10-18)5-6-17-11-13-19-14-12-17/h7-10,17,19H,2-6,11-15H2,1H3. The SMILES string of the molecule is CCCCCOc1ccc(CCC2CCNCC2)cc1. The summed E-state index contributed by atoms with van der Waals surface area (Å²) in [6.45, 7) is 5.48. The van der Waals surface area contributed by atoms with Crippen molar-refractivity contribution in [2.75, 3.05) is 19.7 Å². The summed E-state index contributed by atoms with van der Waals surface area (Å²) >= 11 is 0. The van der Waals surface area contributed by atoms with Crippen molar-refractivity contribution in [1.29, 1.82) is 0 Å². The van der Waals surface area contributed by atoms with E-state index in [1.807, 2.05) is 0 Å². The van der Waals surface area contributed by atoms with Crippen LogP contribution < -0.4 is 10.1 Å². The van der Waals surface area contributed by atoms with Gasteiger partial charge in [-0.25, -0.2) is 0 Å². The highest BCUT2D eigenvalue weighted by atomic mass is 16.5. The van der Waals surface area contributed by atoms with Crippen LogP contribution in [0.15, 0.2) is 24.3 Å². The van der Waals surface area contributed by atoms with Gasteiger partial charge in [-0.2, -0.15) is 0 Å². The number of rotatable bonds is 8. The molecular formula is C18H29NO. The highest BCUT2D eigenvalue weighted by Crippen LogP contribution is 2.20. The molecule has 0 unspecified atom stereocenters. The maximum absolute atomic E-state index is 5.75.